The molecule has 34 heavy (non-hydrogen) atoms. The number of para-hydroxylation sites is 1. The van der Waals surface area contributed by atoms with Crippen LogP contribution < -0.4 is 9.47 Å². The smallest absolute Gasteiger partial charge is 0.295 e. The van der Waals surface area contributed by atoms with Crippen molar-refractivity contribution in [3.05, 3.63) is 100 Å². The standard InChI is InChI=1S/C28H27NO5/c1-17-8-7-10-19(14-17)25-24(26(30)21-15-18(2)12-13-23(21)34-4)27(31)28(32)29(25)16-20-9-5-6-11-22(20)33-3/h5-15,25,30H,16H2,1-4H3/b26-24+. The van der Waals surface area contributed by atoms with E-state index in [-0.39, 0.29) is 17.9 Å². The van der Waals surface area contributed by atoms with Crippen molar-refractivity contribution >= 4 is 17.4 Å². The van der Waals surface area contributed by atoms with E-state index in [0.717, 1.165) is 22.3 Å². The molecule has 1 atom stereocenters. The van der Waals surface area contributed by atoms with Crippen molar-refractivity contribution in [3.63, 3.8) is 0 Å². The Hall–Kier alpha value is -4.06. The summed E-state index contributed by atoms with van der Waals surface area (Å²) in [6.45, 7) is 3.98. The van der Waals surface area contributed by atoms with Gasteiger partial charge in [0.15, 0.2) is 0 Å². The molecule has 0 saturated carbocycles. The Morgan fingerprint density at radius 3 is 2.29 bits per heavy atom. The summed E-state index contributed by atoms with van der Waals surface area (Å²) >= 11 is 0. The van der Waals surface area contributed by atoms with Gasteiger partial charge in [-0.05, 0) is 37.6 Å². The van der Waals surface area contributed by atoms with E-state index in [4.69, 9.17) is 9.47 Å². The van der Waals surface area contributed by atoms with E-state index < -0.39 is 17.7 Å². The summed E-state index contributed by atoms with van der Waals surface area (Å²) in [4.78, 5) is 28.1. The van der Waals surface area contributed by atoms with Crippen LogP contribution in [0.3, 0.4) is 0 Å². The van der Waals surface area contributed by atoms with Crippen molar-refractivity contribution < 1.29 is 24.2 Å². The number of ether oxygens (including phenoxy) is 2. The third kappa shape index (κ3) is 4.15. The molecule has 1 amide bonds. The van der Waals surface area contributed by atoms with Crippen LogP contribution >= 0.6 is 0 Å². The molecule has 1 unspecified atom stereocenters. The monoisotopic (exact) mass is 457 g/mol. The maximum absolute atomic E-state index is 13.3. The van der Waals surface area contributed by atoms with Gasteiger partial charge in [0, 0.05) is 5.56 Å². The number of aryl methyl sites for hydroxylation is 2. The molecule has 1 aliphatic rings. The Bertz CT molecular complexity index is 1290. The van der Waals surface area contributed by atoms with Gasteiger partial charge in [-0.25, -0.2) is 0 Å². The third-order valence-electron chi connectivity index (χ3n) is 6.04. The predicted octanol–water partition coefficient (Wildman–Crippen LogP) is 4.94. The number of hydrogen-bond donors (Lipinski definition) is 1. The van der Waals surface area contributed by atoms with Gasteiger partial charge >= 0.3 is 0 Å². The average molecular weight is 458 g/mol. The second kappa shape index (κ2) is 9.43. The first-order valence-corrected chi connectivity index (χ1v) is 11.0. The van der Waals surface area contributed by atoms with Crippen molar-refractivity contribution in [2.45, 2.75) is 26.4 Å². The summed E-state index contributed by atoms with van der Waals surface area (Å²) in [6, 6.07) is 19.5. The number of Topliss-reactive ketones (excluding diaryl/α,β-unsaturated/α-hetero) is 1. The van der Waals surface area contributed by atoms with Gasteiger partial charge in [-0.2, -0.15) is 0 Å². The quantitative estimate of drug-likeness (QED) is 0.322. The number of ketones is 1. The van der Waals surface area contributed by atoms with E-state index in [1.165, 1.54) is 12.0 Å². The highest BCUT2D eigenvalue weighted by Gasteiger charge is 2.46. The van der Waals surface area contributed by atoms with Gasteiger partial charge in [0.25, 0.3) is 11.7 Å². The van der Waals surface area contributed by atoms with Crippen LogP contribution in [0.2, 0.25) is 0 Å². The van der Waals surface area contributed by atoms with Gasteiger partial charge in [-0.3, -0.25) is 9.59 Å². The van der Waals surface area contributed by atoms with Crippen LogP contribution in [0, 0.1) is 13.8 Å². The summed E-state index contributed by atoms with van der Waals surface area (Å²) in [6.07, 6.45) is 0. The number of hydrogen-bond acceptors (Lipinski definition) is 5. The molecule has 1 fully saturated rings. The fourth-order valence-corrected chi connectivity index (χ4v) is 4.40. The Morgan fingerprint density at radius 2 is 1.59 bits per heavy atom. The Morgan fingerprint density at radius 1 is 0.882 bits per heavy atom. The SMILES string of the molecule is COc1ccccc1CN1C(=O)C(=O)/C(=C(/O)c2cc(C)ccc2OC)C1c1cccc(C)c1. The Labute approximate surface area is 199 Å². The maximum Gasteiger partial charge on any atom is 0.295 e. The molecule has 0 spiro atoms. The minimum Gasteiger partial charge on any atom is -0.507 e. The van der Waals surface area contributed by atoms with E-state index in [1.54, 1.807) is 19.2 Å². The molecule has 6 heteroatoms. The van der Waals surface area contributed by atoms with E-state index in [0.29, 0.717) is 17.1 Å². The van der Waals surface area contributed by atoms with Gasteiger partial charge < -0.3 is 19.5 Å². The number of carbonyl (C=O) groups excluding carboxylic acids is 2. The minimum absolute atomic E-state index is 0.0365. The van der Waals surface area contributed by atoms with Gasteiger partial charge in [-0.1, -0.05) is 59.7 Å². The highest BCUT2D eigenvalue weighted by atomic mass is 16.5. The maximum atomic E-state index is 13.3. The molecule has 0 aromatic heterocycles. The van der Waals surface area contributed by atoms with Gasteiger partial charge in [-0.15, -0.1) is 0 Å². The van der Waals surface area contributed by atoms with Crippen LogP contribution in [0.25, 0.3) is 5.76 Å². The van der Waals surface area contributed by atoms with Crippen molar-refractivity contribution in [1.29, 1.82) is 0 Å². The van der Waals surface area contributed by atoms with Crippen LogP contribution in [-0.2, 0) is 16.1 Å². The molecular weight excluding hydrogens is 430 g/mol. The molecule has 174 valence electrons. The summed E-state index contributed by atoms with van der Waals surface area (Å²) < 4.78 is 10.9. The number of likely N-dealkylation sites (tertiary alicyclic amines) is 1. The number of rotatable bonds is 6. The molecule has 0 aliphatic carbocycles. The van der Waals surface area contributed by atoms with Crippen molar-refractivity contribution in [2.24, 2.45) is 0 Å². The van der Waals surface area contributed by atoms with Crippen molar-refractivity contribution in [3.8, 4) is 11.5 Å². The fourth-order valence-electron chi connectivity index (χ4n) is 4.40. The molecule has 1 saturated heterocycles. The third-order valence-corrected chi connectivity index (χ3v) is 6.04. The van der Waals surface area contributed by atoms with Crippen LogP contribution in [0.1, 0.15) is 33.9 Å². The van der Waals surface area contributed by atoms with Crippen LogP contribution in [0.4, 0.5) is 0 Å². The molecule has 0 radical (unpaired) electrons. The molecule has 0 bridgehead atoms. The summed E-state index contributed by atoms with van der Waals surface area (Å²) in [5.74, 6) is -0.629. The lowest BCUT2D eigenvalue weighted by molar-refractivity contribution is -0.140. The number of benzene rings is 3. The lowest BCUT2D eigenvalue weighted by atomic mass is 9.93. The summed E-state index contributed by atoms with van der Waals surface area (Å²) in [7, 11) is 3.06. The molecule has 3 aromatic rings. The zero-order valence-corrected chi connectivity index (χ0v) is 19.7. The fraction of sp³-hybridized carbons (Fsp3) is 0.214. The Kier molecular flexibility index (Phi) is 6.41. The van der Waals surface area contributed by atoms with Crippen LogP contribution in [-0.4, -0.2) is 35.9 Å². The van der Waals surface area contributed by atoms with E-state index in [1.807, 2.05) is 68.4 Å². The number of aliphatic hydroxyl groups excluding tert-OH is 1. The second-order valence-electron chi connectivity index (χ2n) is 8.36. The topological polar surface area (TPSA) is 76.1 Å². The number of aliphatic hydroxyl groups is 1. The molecule has 1 heterocycles. The molecule has 1 N–H and O–H groups in total. The molecule has 1 aliphatic heterocycles. The first kappa shape index (κ1) is 23.1. The predicted molar refractivity (Wildman–Crippen MR) is 130 cm³/mol. The van der Waals surface area contributed by atoms with E-state index in [9.17, 15) is 14.7 Å². The molecular formula is C28H27NO5. The molecule has 4 rings (SSSR count). The Balaban J connectivity index is 1.92. The van der Waals surface area contributed by atoms with Crippen LogP contribution in [0.15, 0.2) is 72.3 Å². The van der Waals surface area contributed by atoms with E-state index in [2.05, 4.69) is 0 Å². The first-order valence-electron chi connectivity index (χ1n) is 11.0. The van der Waals surface area contributed by atoms with E-state index >= 15 is 0 Å². The minimum atomic E-state index is -0.768. The highest BCUT2D eigenvalue weighted by Crippen LogP contribution is 2.42. The summed E-state index contributed by atoms with van der Waals surface area (Å²) in [5.41, 5.74) is 3.77. The zero-order valence-electron chi connectivity index (χ0n) is 19.7. The number of carbonyl (C=O) groups is 2. The number of nitrogens with zero attached hydrogens (tertiary/aromatic N) is 1. The lowest BCUT2D eigenvalue weighted by Crippen LogP contribution is -2.29. The normalized spacial score (nSPS) is 17.2. The van der Waals surface area contributed by atoms with Crippen LogP contribution in [0.5, 0.6) is 11.5 Å². The van der Waals surface area contributed by atoms with Gasteiger partial charge in [0.05, 0.1) is 37.9 Å². The van der Waals surface area contributed by atoms with Gasteiger partial charge in [0.2, 0.25) is 0 Å². The average Bonchev–Trinajstić information content (AvgIpc) is 3.09. The van der Waals surface area contributed by atoms with Gasteiger partial charge in [0.1, 0.15) is 17.3 Å². The largest absolute Gasteiger partial charge is 0.507 e. The molecule has 3 aromatic carbocycles. The second-order valence-corrected chi connectivity index (χ2v) is 8.36. The lowest BCUT2D eigenvalue weighted by Gasteiger charge is -2.26. The highest BCUT2D eigenvalue weighted by molar-refractivity contribution is 6.46. The number of methoxy groups -OCH3 is 2. The first-order chi connectivity index (χ1) is 16.3. The zero-order chi connectivity index (χ0) is 24.4. The molecule has 6 nitrogen and oxygen atoms in total. The summed E-state index contributed by atoms with van der Waals surface area (Å²) in [5, 5.41) is 11.4. The number of amides is 1. The van der Waals surface area contributed by atoms with Crippen molar-refractivity contribution in [1.82, 2.24) is 4.90 Å². The van der Waals surface area contributed by atoms with Crippen molar-refractivity contribution in [2.75, 3.05) is 14.2 Å².